The van der Waals surface area contributed by atoms with E-state index in [9.17, 15) is 4.79 Å². The summed E-state index contributed by atoms with van der Waals surface area (Å²) in [6.07, 6.45) is 0. The van der Waals surface area contributed by atoms with E-state index in [1.807, 2.05) is 32.2 Å². The Morgan fingerprint density at radius 1 is 1.32 bits per heavy atom. The summed E-state index contributed by atoms with van der Waals surface area (Å²) >= 11 is 0. The minimum atomic E-state index is -0.249. The Hall–Kier alpha value is -1.06. The molecule has 0 bridgehead atoms. The Morgan fingerprint density at radius 3 is 2.47 bits per heavy atom. The molecule has 0 fully saturated rings. The summed E-state index contributed by atoms with van der Waals surface area (Å²) in [6, 6.07) is 7.45. The van der Waals surface area contributed by atoms with Gasteiger partial charge in [-0.05, 0) is 46.9 Å². The van der Waals surface area contributed by atoms with Crippen LogP contribution in [0.2, 0.25) is 0 Å². The second-order valence-electron chi connectivity index (χ2n) is 5.60. The molecule has 0 heterocycles. The van der Waals surface area contributed by atoms with Gasteiger partial charge in [0.2, 0.25) is 0 Å². The first-order valence-electron chi connectivity index (χ1n) is 6.26. The van der Waals surface area contributed by atoms with Crippen molar-refractivity contribution >= 4 is 5.97 Å². The highest BCUT2D eigenvalue weighted by Gasteiger charge is 2.17. The molecule has 0 aliphatic rings. The van der Waals surface area contributed by atoms with Gasteiger partial charge in [0, 0.05) is 12.1 Å². The molecule has 0 spiro atoms. The summed E-state index contributed by atoms with van der Waals surface area (Å²) in [5, 5.41) is 0. The molecule has 1 aromatic carbocycles. The highest BCUT2D eigenvalue weighted by molar-refractivity contribution is 5.89. The number of likely N-dealkylation sites (N-methyl/N-ethyl adjacent to an activating group) is 1. The van der Waals surface area contributed by atoms with E-state index in [2.05, 4.69) is 25.7 Å². The summed E-state index contributed by atoms with van der Waals surface area (Å²) in [7, 11) is 2.03. The average Bonchev–Trinajstić information content (AvgIpc) is 2.27. The van der Waals surface area contributed by atoms with Crippen LogP contribution < -0.4 is 12.4 Å². The maximum Gasteiger partial charge on any atom is 0.338 e. The molecule has 108 valence electrons. The zero-order valence-corrected chi connectivity index (χ0v) is 13.1. The number of carbonyl (C=O) groups excluding carboxylic acids is 1. The van der Waals surface area contributed by atoms with Crippen LogP contribution in [0.15, 0.2) is 24.3 Å². The van der Waals surface area contributed by atoms with Crippen molar-refractivity contribution in [3.05, 3.63) is 35.4 Å². The van der Waals surface area contributed by atoms with Crippen LogP contribution in [0.25, 0.3) is 0 Å². The van der Waals surface area contributed by atoms with Gasteiger partial charge < -0.3 is 17.1 Å². The molecule has 1 rings (SSSR count). The van der Waals surface area contributed by atoms with Crippen LogP contribution in [0.5, 0.6) is 0 Å². The molecular formula is C15H23ClNO2-. The highest BCUT2D eigenvalue weighted by Crippen LogP contribution is 2.10. The van der Waals surface area contributed by atoms with Crippen molar-refractivity contribution in [3.8, 4) is 0 Å². The Balaban J connectivity index is 0.00000324. The quantitative estimate of drug-likeness (QED) is 0.723. The number of hydrogen-bond acceptors (Lipinski definition) is 3. The molecule has 0 unspecified atom stereocenters. The molecule has 0 saturated carbocycles. The largest absolute Gasteiger partial charge is 1.00 e. The molecule has 0 amide bonds. The maximum atomic E-state index is 11.8. The fraction of sp³-hybridized carbons (Fsp3) is 0.533. The molecule has 0 atom stereocenters. The van der Waals surface area contributed by atoms with Crippen molar-refractivity contribution in [1.29, 1.82) is 0 Å². The van der Waals surface area contributed by atoms with E-state index in [-0.39, 0.29) is 23.9 Å². The number of nitrogens with zero attached hydrogens (tertiary/aromatic N) is 1. The van der Waals surface area contributed by atoms with Crippen LogP contribution in [-0.4, -0.2) is 36.6 Å². The van der Waals surface area contributed by atoms with Crippen LogP contribution in [-0.2, 0) is 4.74 Å². The van der Waals surface area contributed by atoms with Gasteiger partial charge in [-0.25, -0.2) is 4.79 Å². The third-order valence-electron chi connectivity index (χ3n) is 3.06. The first kappa shape index (κ1) is 17.9. The van der Waals surface area contributed by atoms with Gasteiger partial charge in [0.1, 0.15) is 6.61 Å². The Labute approximate surface area is 122 Å². The fourth-order valence-corrected chi connectivity index (χ4v) is 1.47. The summed E-state index contributed by atoms with van der Waals surface area (Å²) < 4.78 is 5.27. The van der Waals surface area contributed by atoms with E-state index < -0.39 is 0 Å². The number of esters is 1. The predicted molar refractivity (Wildman–Crippen MR) is 73.8 cm³/mol. The SMILES string of the molecule is Cc1cccc(C(=O)OCCN(C)C(C)(C)C)c1.[Cl-]. The smallest absolute Gasteiger partial charge is 0.338 e. The molecule has 4 heteroatoms. The zero-order chi connectivity index (χ0) is 13.8. The lowest BCUT2D eigenvalue weighted by atomic mass is 10.1. The van der Waals surface area contributed by atoms with Crippen molar-refractivity contribution in [1.82, 2.24) is 4.90 Å². The molecule has 0 aliphatic heterocycles. The first-order valence-corrected chi connectivity index (χ1v) is 6.26. The van der Waals surface area contributed by atoms with E-state index in [1.54, 1.807) is 6.07 Å². The molecular weight excluding hydrogens is 262 g/mol. The number of halogens is 1. The van der Waals surface area contributed by atoms with Gasteiger partial charge in [-0.15, -0.1) is 0 Å². The van der Waals surface area contributed by atoms with Gasteiger partial charge in [-0.3, -0.25) is 4.90 Å². The second kappa shape index (κ2) is 7.51. The monoisotopic (exact) mass is 284 g/mol. The van der Waals surface area contributed by atoms with Gasteiger partial charge in [0.05, 0.1) is 5.56 Å². The van der Waals surface area contributed by atoms with Crippen LogP contribution >= 0.6 is 0 Å². The van der Waals surface area contributed by atoms with Gasteiger partial charge in [-0.2, -0.15) is 0 Å². The Bertz CT molecular complexity index is 413. The third kappa shape index (κ3) is 6.08. The van der Waals surface area contributed by atoms with E-state index >= 15 is 0 Å². The fourth-order valence-electron chi connectivity index (χ4n) is 1.47. The van der Waals surface area contributed by atoms with Gasteiger partial charge in [0.25, 0.3) is 0 Å². The van der Waals surface area contributed by atoms with Crippen LogP contribution in [0.4, 0.5) is 0 Å². The molecule has 0 aromatic heterocycles. The lowest BCUT2D eigenvalue weighted by Gasteiger charge is -2.31. The van der Waals surface area contributed by atoms with E-state index in [0.29, 0.717) is 12.2 Å². The Morgan fingerprint density at radius 2 is 1.95 bits per heavy atom. The molecule has 0 saturated heterocycles. The first-order chi connectivity index (χ1) is 8.30. The lowest BCUT2D eigenvalue weighted by molar-refractivity contribution is -0.0000225. The number of hydrogen-bond donors (Lipinski definition) is 0. The van der Waals surface area contributed by atoms with Crippen molar-refractivity contribution in [2.24, 2.45) is 0 Å². The number of ether oxygens (including phenoxy) is 1. The predicted octanol–water partition coefficient (Wildman–Crippen LogP) is -0.114. The van der Waals surface area contributed by atoms with Crippen molar-refractivity contribution in [2.45, 2.75) is 33.2 Å². The van der Waals surface area contributed by atoms with Crippen molar-refractivity contribution in [3.63, 3.8) is 0 Å². The molecule has 3 nitrogen and oxygen atoms in total. The molecule has 0 N–H and O–H groups in total. The molecule has 0 radical (unpaired) electrons. The molecule has 19 heavy (non-hydrogen) atoms. The van der Waals surface area contributed by atoms with E-state index in [4.69, 9.17) is 4.74 Å². The molecule has 1 aromatic rings. The van der Waals surface area contributed by atoms with Gasteiger partial charge in [0.15, 0.2) is 0 Å². The number of rotatable bonds is 4. The van der Waals surface area contributed by atoms with Crippen molar-refractivity contribution < 1.29 is 21.9 Å². The second-order valence-corrected chi connectivity index (χ2v) is 5.60. The lowest BCUT2D eigenvalue weighted by Crippen LogP contribution is -3.00. The number of benzene rings is 1. The zero-order valence-electron chi connectivity index (χ0n) is 12.4. The normalized spacial score (nSPS) is 11.1. The molecule has 0 aliphatic carbocycles. The minimum absolute atomic E-state index is 0. The minimum Gasteiger partial charge on any atom is -1.00 e. The topological polar surface area (TPSA) is 29.5 Å². The van der Waals surface area contributed by atoms with E-state index in [0.717, 1.165) is 12.1 Å². The summed E-state index contributed by atoms with van der Waals surface area (Å²) in [5.74, 6) is -0.249. The number of aryl methyl sites for hydroxylation is 1. The van der Waals surface area contributed by atoms with E-state index in [1.165, 1.54) is 0 Å². The summed E-state index contributed by atoms with van der Waals surface area (Å²) in [5.41, 5.74) is 1.78. The summed E-state index contributed by atoms with van der Waals surface area (Å²) in [6.45, 7) is 9.52. The third-order valence-corrected chi connectivity index (χ3v) is 3.06. The van der Waals surface area contributed by atoms with Crippen molar-refractivity contribution in [2.75, 3.05) is 20.2 Å². The standard InChI is InChI=1S/C15H23NO2.ClH/c1-12-7-6-8-13(11-12)14(17)18-10-9-16(5)15(2,3)4;/h6-8,11H,9-10H2,1-5H3;1H/p-1. The summed E-state index contributed by atoms with van der Waals surface area (Å²) in [4.78, 5) is 14.0. The van der Waals surface area contributed by atoms with Gasteiger partial charge in [-0.1, -0.05) is 17.7 Å². The van der Waals surface area contributed by atoms with Crippen LogP contribution in [0, 0.1) is 6.92 Å². The highest BCUT2D eigenvalue weighted by atomic mass is 35.5. The van der Waals surface area contributed by atoms with Gasteiger partial charge >= 0.3 is 5.97 Å². The van der Waals surface area contributed by atoms with Crippen LogP contribution in [0.3, 0.4) is 0 Å². The number of carbonyl (C=O) groups is 1. The van der Waals surface area contributed by atoms with Crippen LogP contribution in [0.1, 0.15) is 36.7 Å². The maximum absolute atomic E-state index is 11.8. The average molecular weight is 285 g/mol. The Kier molecular flexibility index (Phi) is 7.09.